The summed E-state index contributed by atoms with van der Waals surface area (Å²) in [5.41, 5.74) is 1.31. The molecule has 0 spiro atoms. The van der Waals surface area contributed by atoms with Gasteiger partial charge in [-0.15, -0.1) is 0 Å². The second-order valence-electron chi connectivity index (χ2n) is 7.00. The molecule has 1 N–H and O–H groups in total. The van der Waals surface area contributed by atoms with Gasteiger partial charge in [-0.3, -0.25) is 4.79 Å². The molecule has 1 aliphatic heterocycles. The maximum atomic E-state index is 12.9. The van der Waals surface area contributed by atoms with Gasteiger partial charge in [0.1, 0.15) is 0 Å². The Kier molecular flexibility index (Phi) is 7.46. The molecular formula is C20H21Cl3N2O3S. The van der Waals surface area contributed by atoms with Crippen molar-refractivity contribution in [3.8, 4) is 0 Å². The zero-order chi connectivity index (χ0) is 21.0. The number of nitrogens with zero attached hydrogens (tertiary/aromatic N) is 1. The maximum Gasteiger partial charge on any atom is 0.224 e. The SMILES string of the molecule is O=C(NCc1ccccc1Cl)C1CCCN(S(=O)(=O)Cc2ccc(Cl)cc2Cl)C1. The third-order valence-electron chi connectivity index (χ3n) is 4.91. The average Bonchev–Trinajstić information content (AvgIpc) is 2.69. The summed E-state index contributed by atoms with van der Waals surface area (Å²) in [5.74, 6) is -0.798. The highest BCUT2D eigenvalue weighted by atomic mass is 35.5. The maximum absolute atomic E-state index is 12.9. The highest BCUT2D eigenvalue weighted by Crippen LogP contribution is 2.26. The van der Waals surface area contributed by atoms with Crippen LogP contribution in [0.15, 0.2) is 42.5 Å². The third kappa shape index (κ3) is 5.86. The average molecular weight is 476 g/mol. The molecule has 1 unspecified atom stereocenters. The van der Waals surface area contributed by atoms with Crippen molar-refractivity contribution in [3.05, 3.63) is 68.7 Å². The number of carbonyl (C=O) groups is 1. The fraction of sp³-hybridized carbons (Fsp3) is 0.350. The van der Waals surface area contributed by atoms with Crippen molar-refractivity contribution in [3.63, 3.8) is 0 Å². The summed E-state index contributed by atoms with van der Waals surface area (Å²) in [7, 11) is -3.61. The lowest BCUT2D eigenvalue weighted by molar-refractivity contribution is -0.126. The molecule has 0 radical (unpaired) electrons. The lowest BCUT2D eigenvalue weighted by Gasteiger charge is -2.31. The van der Waals surface area contributed by atoms with Gasteiger partial charge in [-0.05, 0) is 42.2 Å². The molecule has 1 amide bonds. The Balaban J connectivity index is 1.63. The number of nitrogens with one attached hydrogen (secondary N) is 1. The monoisotopic (exact) mass is 474 g/mol. The Morgan fingerprint density at radius 1 is 1.07 bits per heavy atom. The van der Waals surface area contributed by atoms with E-state index in [0.717, 1.165) is 5.56 Å². The number of benzene rings is 2. The van der Waals surface area contributed by atoms with E-state index in [0.29, 0.717) is 46.6 Å². The zero-order valence-corrected chi connectivity index (χ0v) is 18.7. The zero-order valence-electron chi connectivity index (χ0n) is 15.6. The van der Waals surface area contributed by atoms with Crippen LogP contribution in [0.1, 0.15) is 24.0 Å². The first kappa shape index (κ1) is 22.4. The molecule has 29 heavy (non-hydrogen) atoms. The number of sulfonamides is 1. The van der Waals surface area contributed by atoms with E-state index in [2.05, 4.69) is 5.32 Å². The van der Waals surface area contributed by atoms with Crippen molar-refractivity contribution in [2.24, 2.45) is 5.92 Å². The van der Waals surface area contributed by atoms with Crippen molar-refractivity contribution in [2.75, 3.05) is 13.1 Å². The quantitative estimate of drug-likeness (QED) is 0.669. The molecule has 0 aliphatic carbocycles. The first-order valence-corrected chi connectivity index (χ1v) is 11.9. The highest BCUT2D eigenvalue weighted by molar-refractivity contribution is 7.88. The summed E-state index contributed by atoms with van der Waals surface area (Å²) >= 11 is 18.1. The van der Waals surface area contributed by atoms with Crippen LogP contribution in [0.3, 0.4) is 0 Å². The molecule has 9 heteroatoms. The van der Waals surface area contributed by atoms with E-state index in [1.807, 2.05) is 18.2 Å². The minimum atomic E-state index is -3.61. The summed E-state index contributed by atoms with van der Waals surface area (Å²) in [6.07, 6.45) is 1.26. The molecule has 0 saturated carbocycles. The van der Waals surface area contributed by atoms with Gasteiger partial charge in [0.2, 0.25) is 15.9 Å². The standard InChI is InChI=1S/C20H21Cl3N2O3S/c21-17-8-7-16(19(23)10-17)13-29(27,28)25-9-3-5-15(12-25)20(26)24-11-14-4-1-2-6-18(14)22/h1-2,4,6-8,10,15H,3,5,9,11-13H2,(H,24,26). The predicted molar refractivity (Wildman–Crippen MR) is 117 cm³/mol. The Bertz CT molecular complexity index is 998. The predicted octanol–water partition coefficient (Wildman–Crippen LogP) is 4.51. The number of hydrogen-bond acceptors (Lipinski definition) is 3. The molecule has 1 atom stereocenters. The van der Waals surface area contributed by atoms with Crippen LogP contribution in [0.2, 0.25) is 15.1 Å². The van der Waals surface area contributed by atoms with E-state index < -0.39 is 15.9 Å². The van der Waals surface area contributed by atoms with Crippen LogP contribution in [0, 0.1) is 5.92 Å². The normalized spacial score (nSPS) is 17.8. The van der Waals surface area contributed by atoms with Gasteiger partial charge in [-0.25, -0.2) is 12.7 Å². The molecule has 1 fully saturated rings. The van der Waals surface area contributed by atoms with Crippen LogP contribution in [0.5, 0.6) is 0 Å². The van der Waals surface area contributed by atoms with Gasteiger partial charge in [0, 0.05) is 34.7 Å². The van der Waals surface area contributed by atoms with Crippen LogP contribution in [0.25, 0.3) is 0 Å². The molecule has 1 heterocycles. The highest BCUT2D eigenvalue weighted by Gasteiger charge is 2.32. The lowest BCUT2D eigenvalue weighted by atomic mass is 9.99. The number of hydrogen-bond donors (Lipinski definition) is 1. The van der Waals surface area contributed by atoms with Gasteiger partial charge in [-0.1, -0.05) is 59.1 Å². The number of amides is 1. The molecule has 3 rings (SSSR count). The number of rotatable bonds is 6. The Hall–Kier alpha value is -1.31. The van der Waals surface area contributed by atoms with E-state index >= 15 is 0 Å². The third-order valence-corrected chi connectivity index (χ3v) is 7.66. The van der Waals surface area contributed by atoms with Gasteiger partial charge in [0.05, 0.1) is 11.7 Å². The summed E-state index contributed by atoms with van der Waals surface area (Å²) in [6, 6.07) is 12.0. The van der Waals surface area contributed by atoms with E-state index in [1.54, 1.807) is 18.2 Å². The molecule has 1 saturated heterocycles. The van der Waals surface area contributed by atoms with Crippen molar-refractivity contribution < 1.29 is 13.2 Å². The van der Waals surface area contributed by atoms with Crippen molar-refractivity contribution in [1.82, 2.24) is 9.62 Å². The fourth-order valence-corrected chi connectivity index (χ4v) is 5.70. The van der Waals surface area contributed by atoms with Crippen molar-refractivity contribution >= 4 is 50.7 Å². The first-order chi connectivity index (χ1) is 13.8. The molecule has 0 bridgehead atoms. The van der Waals surface area contributed by atoms with Crippen LogP contribution in [-0.4, -0.2) is 31.7 Å². The van der Waals surface area contributed by atoms with E-state index in [-0.39, 0.29) is 18.2 Å². The minimum absolute atomic E-state index is 0.155. The fourth-order valence-electron chi connectivity index (χ4n) is 3.30. The van der Waals surface area contributed by atoms with Gasteiger partial charge in [0.15, 0.2) is 0 Å². The Labute approximate surface area is 186 Å². The molecule has 0 aromatic heterocycles. The van der Waals surface area contributed by atoms with Crippen LogP contribution in [0.4, 0.5) is 0 Å². The lowest BCUT2D eigenvalue weighted by Crippen LogP contribution is -2.45. The van der Waals surface area contributed by atoms with Crippen LogP contribution in [-0.2, 0) is 27.1 Å². The van der Waals surface area contributed by atoms with E-state index in [9.17, 15) is 13.2 Å². The van der Waals surface area contributed by atoms with Gasteiger partial charge < -0.3 is 5.32 Å². The molecule has 5 nitrogen and oxygen atoms in total. The van der Waals surface area contributed by atoms with Gasteiger partial charge >= 0.3 is 0 Å². The summed E-state index contributed by atoms with van der Waals surface area (Å²) < 4.78 is 27.1. The van der Waals surface area contributed by atoms with Crippen LogP contribution < -0.4 is 5.32 Å². The smallest absolute Gasteiger partial charge is 0.224 e. The molecule has 156 valence electrons. The Morgan fingerprint density at radius 2 is 1.83 bits per heavy atom. The second-order valence-corrected chi connectivity index (χ2v) is 10.2. The molecule has 1 aliphatic rings. The van der Waals surface area contributed by atoms with Crippen molar-refractivity contribution in [2.45, 2.75) is 25.1 Å². The minimum Gasteiger partial charge on any atom is -0.352 e. The Morgan fingerprint density at radius 3 is 2.55 bits per heavy atom. The molecule has 2 aromatic rings. The first-order valence-electron chi connectivity index (χ1n) is 9.19. The second kappa shape index (κ2) is 9.67. The summed E-state index contributed by atoms with van der Waals surface area (Å²) in [6.45, 7) is 0.853. The molecular weight excluding hydrogens is 455 g/mol. The van der Waals surface area contributed by atoms with Gasteiger partial charge in [0.25, 0.3) is 0 Å². The van der Waals surface area contributed by atoms with Gasteiger partial charge in [-0.2, -0.15) is 0 Å². The summed E-state index contributed by atoms with van der Waals surface area (Å²) in [5, 5.41) is 4.21. The van der Waals surface area contributed by atoms with E-state index in [1.165, 1.54) is 10.4 Å². The largest absolute Gasteiger partial charge is 0.352 e. The number of piperidine rings is 1. The number of halogens is 3. The molecule has 2 aromatic carbocycles. The summed E-state index contributed by atoms with van der Waals surface area (Å²) in [4.78, 5) is 12.6. The van der Waals surface area contributed by atoms with E-state index in [4.69, 9.17) is 34.8 Å². The topological polar surface area (TPSA) is 66.5 Å². The number of carbonyl (C=O) groups excluding carboxylic acids is 1. The van der Waals surface area contributed by atoms with Crippen LogP contribution >= 0.6 is 34.8 Å². The van der Waals surface area contributed by atoms with Crippen molar-refractivity contribution in [1.29, 1.82) is 0 Å².